The zero-order valence-corrected chi connectivity index (χ0v) is 14.6. The summed E-state index contributed by atoms with van der Waals surface area (Å²) in [6.45, 7) is 0.868. The summed E-state index contributed by atoms with van der Waals surface area (Å²) in [7, 11) is 1.68. The molecule has 3 atom stereocenters. The van der Waals surface area contributed by atoms with E-state index in [0.29, 0.717) is 5.91 Å². The molecule has 0 aromatic heterocycles. The Morgan fingerprint density at radius 3 is 2.83 bits per heavy atom. The molecule has 128 valence electrons. The van der Waals surface area contributed by atoms with Gasteiger partial charge in [-0.25, -0.2) is 0 Å². The number of halogens is 1. The molecule has 1 heterocycles. The largest absolute Gasteiger partial charge is 0.497 e. The summed E-state index contributed by atoms with van der Waals surface area (Å²) in [5.74, 6) is 1.28. The SMILES string of the molecule is COc1cccc(C2CCCN2C(=O)C2CCCC(N)C2)c1.Cl. The van der Waals surface area contributed by atoms with Crippen LogP contribution in [0, 0.1) is 5.92 Å². The first-order valence-electron chi connectivity index (χ1n) is 8.39. The fourth-order valence-electron chi connectivity index (χ4n) is 3.91. The number of nitrogens with two attached hydrogens (primary N) is 1. The van der Waals surface area contributed by atoms with Crippen molar-refractivity contribution in [3.63, 3.8) is 0 Å². The van der Waals surface area contributed by atoms with E-state index >= 15 is 0 Å². The quantitative estimate of drug-likeness (QED) is 0.920. The number of rotatable bonds is 3. The van der Waals surface area contributed by atoms with Gasteiger partial charge in [0.2, 0.25) is 5.91 Å². The van der Waals surface area contributed by atoms with E-state index in [-0.39, 0.29) is 30.4 Å². The average molecular weight is 339 g/mol. The maximum atomic E-state index is 12.9. The number of nitrogens with zero attached hydrogens (tertiary/aromatic N) is 1. The van der Waals surface area contributed by atoms with Gasteiger partial charge in [0.1, 0.15) is 5.75 Å². The number of methoxy groups -OCH3 is 1. The Bertz CT molecular complexity index is 538. The lowest BCUT2D eigenvalue weighted by Gasteiger charge is -2.32. The van der Waals surface area contributed by atoms with Crippen LogP contribution in [0.2, 0.25) is 0 Å². The van der Waals surface area contributed by atoms with Gasteiger partial charge in [-0.15, -0.1) is 12.4 Å². The molecule has 2 N–H and O–H groups in total. The number of amides is 1. The molecule has 1 saturated heterocycles. The summed E-state index contributed by atoms with van der Waals surface area (Å²) in [6, 6.07) is 8.51. The van der Waals surface area contributed by atoms with E-state index in [1.807, 2.05) is 12.1 Å². The maximum absolute atomic E-state index is 12.9. The third kappa shape index (κ3) is 3.99. The normalized spacial score (nSPS) is 27.4. The van der Waals surface area contributed by atoms with Gasteiger partial charge < -0.3 is 15.4 Å². The van der Waals surface area contributed by atoms with E-state index in [9.17, 15) is 4.79 Å². The Morgan fingerprint density at radius 1 is 1.26 bits per heavy atom. The van der Waals surface area contributed by atoms with E-state index < -0.39 is 0 Å². The number of carbonyl (C=O) groups is 1. The van der Waals surface area contributed by atoms with Crippen molar-refractivity contribution in [3.8, 4) is 5.75 Å². The van der Waals surface area contributed by atoms with Crippen molar-refractivity contribution in [2.45, 2.75) is 50.6 Å². The van der Waals surface area contributed by atoms with Crippen LogP contribution in [0.1, 0.15) is 50.1 Å². The molecule has 1 amide bonds. The van der Waals surface area contributed by atoms with Crippen LogP contribution < -0.4 is 10.5 Å². The van der Waals surface area contributed by atoms with Crippen LogP contribution in [0.3, 0.4) is 0 Å². The average Bonchev–Trinajstić information content (AvgIpc) is 3.04. The van der Waals surface area contributed by atoms with Crippen LogP contribution in [-0.2, 0) is 4.79 Å². The lowest BCUT2D eigenvalue weighted by molar-refractivity contribution is -0.137. The summed E-state index contributed by atoms with van der Waals surface area (Å²) in [6.07, 6.45) is 6.09. The monoisotopic (exact) mass is 338 g/mol. The maximum Gasteiger partial charge on any atom is 0.226 e. The minimum absolute atomic E-state index is 0. The van der Waals surface area contributed by atoms with Crippen molar-refractivity contribution < 1.29 is 9.53 Å². The molecule has 23 heavy (non-hydrogen) atoms. The molecule has 3 rings (SSSR count). The molecule has 0 radical (unpaired) electrons. The predicted octanol–water partition coefficient (Wildman–Crippen LogP) is 3.30. The van der Waals surface area contributed by atoms with Crippen molar-refractivity contribution in [1.82, 2.24) is 4.90 Å². The van der Waals surface area contributed by atoms with Crippen molar-refractivity contribution in [2.75, 3.05) is 13.7 Å². The highest BCUT2D eigenvalue weighted by Crippen LogP contribution is 2.36. The molecular weight excluding hydrogens is 312 g/mol. The zero-order valence-electron chi connectivity index (χ0n) is 13.7. The Balaban J connectivity index is 0.00000192. The molecule has 1 saturated carbocycles. The minimum Gasteiger partial charge on any atom is -0.497 e. The molecule has 0 bridgehead atoms. The molecule has 4 nitrogen and oxygen atoms in total. The Kier molecular flexibility index (Phi) is 6.31. The Morgan fingerprint density at radius 2 is 2.09 bits per heavy atom. The number of carbonyl (C=O) groups excluding carboxylic acids is 1. The van der Waals surface area contributed by atoms with E-state index in [4.69, 9.17) is 10.5 Å². The second kappa shape index (κ2) is 8.02. The standard InChI is InChI=1S/C18H26N2O2.ClH/c1-22-16-8-3-5-13(12-16)17-9-4-10-20(17)18(21)14-6-2-7-15(19)11-14;/h3,5,8,12,14-15,17H,2,4,6-7,9-11,19H2,1H3;1H. The van der Waals surface area contributed by atoms with Crippen LogP contribution in [0.5, 0.6) is 5.75 Å². The molecular formula is C18H27ClN2O2. The first-order chi connectivity index (χ1) is 10.7. The van der Waals surface area contributed by atoms with Gasteiger partial charge in [-0.1, -0.05) is 18.6 Å². The molecule has 2 fully saturated rings. The highest BCUT2D eigenvalue weighted by Gasteiger charge is 2.35. The molecule has 5 heteroatoms. The van der Waals surface area contributed by atoms with Gasteiger partial charge in [-0.3, -0.25) is 4.79 Å². The molecule has 1 aromatic carbocycles. The second-order valence-corrected chi connectivity index (χ2v) is 6.59. The predicted molar refractivity (Wildman–Crippen MR) is 93.9 cm³/mol. The van der Waals surface area contributed by atoms with Gasteiger partial charge >= 0.3 is 0 Å². The summed E-state index contributed by atoms with van der Waals surface area (Å²) in [5, 5.41) is 0. The van der Waals surface area contributed by atoms with Gasteiger partial charge in [0.15, 0.2) is 0 Å². The summed E-state index contributed by atoms with van der Waals surface area (Å²) in [4.78, 5) is 15.0. The highest BCUT2D eigenvalue weighted by molar-refractivity contribution is 5.85. The van der Waals surface area contributed by atoms with E-state index in [0.717, 1.165) is 50.8 Å². The fraction of sp³-hybridized carbons (Fsp3) is 0.611. The number of hydrogen-bond donors (Lipinski definition) is 1. The Hall–Kier alpha value is -1.26. The summed E-state index contributed by atoms with van der Waals surface area (Å²) in [5.41, 5.74) is 7.24. The van der Waals surface area contributed by atoms with Crippen molar-refractivity contribution >= 4 is 18.3 Å². The van der Waals surface area contributed by atoms with Crippen molar-refractivity contribution in [1.29, 1.82) is 0 Å². The summed E-state index contributed by atoms with van der Waals surface area (Å²) < 4.78 is 5.32. The van der Waals surface area contributed by atoms with Crippen LogP contribution in [0.15, 0.2) is 24.3 Å². The molecule has 1 aromatic rings. The smallest absolute Gasteiger partial charge is 0.226 e. The fourth-order valence-corrected chi connectivity index (χ4v) is 3.91. The Labute approximate surface area is 144 Å². The first kappa shape index (κ1) is 18.1. The molecule has 2 aliphatic rings. The number of likely N-dealkylation sites (tertiary alicyclic amines) is 1. The third-order valence-corrected chi connectivity index (χ3v) is 5.08. The second-order valence-electron chi connectivity index (χ2n) is 6.59. The lowest BCUT2D eigenvalue weighted by Crippen LogP contribution is -2.40. The lowest BCUT2D eigenvalue weighted by atomic mass is 9.85. The molecule has 1 aliphatic heterocycles. The first-order valence-corrected chi connectivity index (χ1v) is 8.39. The van der Waals surface area contributed by atoms with Gasteiger partial charge in [0, 0.05) is 18.5 Å². The van der Waals surface area contributed by atoms with E-state index in [2.05, 4.69) is 17.0 Å². The molecule has 1 aliphatic carbocycles. The summed E-state index contributed by atoms with van der Waals surface area (Å²) >= 11 is 0. The minimum atomic E-state index is 0. The van der Waals surface area contributed by atoms with Crippen LogP contribution in [-0.4, -0.2) is 30.5 Å². The van der Waals surface area contributed by atoms with Crippen LogP contribution >= 0.6 is 12.4 Å². The number of benzene rings is 1. The third-order valence-electron chi connectivity index (χ3n) is 5.08. The van der Waals surface area contributed by atoms with E-state index in [1.54, 1.807) is 7.11 Å². The van der Waals surface area contributed by atoms with Gasteiger partial charge in [0.25, 0.3) is 0 Å². The van der Waals surface area contributed by atoms with Gasteiger partial charge in [-0.05, 0) is 49.8 Å². The molecule has 3 unspecified atom stereocenters. The topological polar surface area (TPSA) is 55.6 Å². The van der Waals surface area contributed by atoms with E-state index in [1.165, 1.54) is 5.56 Å². The van der Waals surface area contributed by atoms with Crippen LogP contribution in [0.4, 0.5) is 0 Å². The van der Waals surface area contributed by atoms with Gasteiger partial charge in [-0.2, -0.15) is 0 Å². The number of hydrogen-bond acceptors (Lipinski definition) is 3. The zero-order chi connectivity index (χ0) is 15.5. The highest BCUT2D eigenvalue weighted by atomic mass is 35.5. The number of ether oxygens (including phenoxy) is 1. The van der Waals surface area contributed by atoms with Crippen molar-refractivity contribution in [2.24, 2.45) is 11.7 Å². The van der Waals surface area contributed by atoms with Crippen molar-refractivity contribution in [3.05, 3.63) is 29.8 Å². The molecule has 0 spiro atoms. The van der Waals surface area contributed by atoms with Gasteiger partial charge in [0.05, 0.1) is 13.2 Å². The van der Waals surface area contributed by atoms with Crippen LogP contribution in [0.25, 0.3) is 0 Å².